The first-order chi connectivity index (χ1) is 12.3. The van der Waals surface area contributed by atoms with Crippen molar-refractivity contribution in [2.45, 2.75) is 39.8 Å². The Morgan fingerprint density at radius 2 is 2.04 bits per heavy atom. The second-order valence-corrected chi connectivity index (χ2v) is 7.60. The number of piperazine rings is 1. The molecule has 0 radical (unpaired) electrons. The molecule has 0 aliphatic carbocycles. The lowest BCUT2D eigenvalue weighted by atomic mass is 10.1. The van der Waals surface area contributed by atoms with Gasteiger partial charge in [-0.15, -0.1) is 0 Å². The maximum absolute atomic E-state index is 12.8. The topological polar surface area (TPSA) is 78.8 Å². The van der Waals surface area contributed by atoms with Gasteiger partial charge < -0.3 is 14.7 Å². The lowest BCUT2D eigenvalue weighted by Gasteiger charge is -2.39. The number of nitrogens with zero attached hydrogens (tertiary/aromatic N) is 5. The Kier molecular flexibility index (Phi) is 5.29. The van der Waals surface area contributed by atoms with Crippen molar-refractivity contribution in [3.05, 3.63) is 18.0 Å². The van der Waals surface area contributed by atoms with E-state index in [-0.39, 0.29) is 30.8 Å². The smallest absolute Gasteiger partial charge is 0.245 e. The quantitative estimate of drug-likeness (QED) is 0.763. The van der Waals surface area contributed by atoms with E-state index in [1.807, 2.05) is 27.0 Å². The highest BCUT2D eigenvalue weighted by molar-refractivity contribution is 5.95. The largest absolute Gasteiger partial charge is 0.339 e. The van der Waals surface area contributed by atoms with Crippen molar-refractivity contribution in [1.29, 1.82) is 0 Å². The van der Waals surface area contributed by atoms with Crippen molar-refractivity contribution in [2.24, 2.45) is 5.92 Å². The highest BCUT2D eigenvalue weighted by atomic mass is 16.2. The standard InChI is InChI=1S/C18H27N5O3/c1-13(2)9-21-11-17(25)23-7-6-20(5-4-15(23)18(21)26)16(24)12-22-10-14(3)8-19-22/h8,10,13,15H,4-7,9,11-12H2,1-3H3. The SMILES string of the molecule is Cc1cnn(CC(=O)N2CCC3C(=O)N(CC(C)C)CC(=O)N3CC2)c1. The van der Waals surface area contributed by atoms with E-state index in [1.54, 1.807) is 25.6 Å². The van der Waals surface area contributed by atoms with Gasteiger partial charge in [-0.3, -0.25) is 19.1 Å². The number of fused-ring (bicyclic) bond motifs is 1. The van der Waals surface area contributed by atoms with Gasteiger partial charge in [0.25, 0.3) is 0 Å². The van der Waals surface area contributed by atoms with E-state index < -0.39 is 6.04 Å². The first-order valence-corrected chi connectivity index (χ1v) is 9.20. The molecule has 3 heterocycles. The number of rotatable bonds is 4. The minimum Gasteiger partial charge on any atom is -0.339 e. The summed E-state index contributed by atoms with van der Waals surface area (Å²) in [6.07, 6.45) is 4.04. The van der Waals surface area contributed by atoms with E-state index in [1.165, 1.54) is 0 Å². The maximum Gasteiger partial charge on any atom is 0.245 e. The number of hydrogen-bond donors (Lipinski definition) is 0. The van der Waals surface area contributed by atoms with E-state index >= 15 is 0 Å². The van der Waals surface area contributed by atoms with Crippen molar-refractivity contribution in [2.75, 3.05) is 32.7 Å². The molecule has 1 aromatic heterocycles. The van der Waals surface area contributed by atoms with Crippen molar-refractivity contribution in [1.82, 2.24) is 24.5 Å². The fraction of sp³-hybridized carbons (Fsp3) is 0.667. The van der Waals surface area contributed by atoms with Crippen LogP contribution in [0.5, 0.6) is 0 Å². The summed E-state index contributed by atoms with van der Waals surface area (Å²) in [6.45, 7) is 8.27. The number of carbonyl (C=O) groups is 3. The molecule has 0 spiro atoms. The molecule has 1 unspecified atom stereocenters. The number of carbonyl (C=O) groups excluding carboxylic acids is 3. The summed E-state index contributed by atoms with van der Waals surface area (Å²) in [5.74, 6) is 0.272. The van der Waals surface area contributed by atoms with Gasteiger partial charge in [-0.1, -0.05) is 13.8 Å². The summed E-state index contributed by atoms with van der Waals surface area (Å²) in [5, 5.41) is 4.15. The minimum absolute atomic E-state index is 0.00954. The molecule has 0 aromatic carbocycles. The van der Waals surface area contributed by atoms with E-state index in [4.69, 9.17) is 0 Å². The van der Waals surface area contributed by atoms with E-state index in [2.05, 4.69) is 5.10 Å². The zero-order chi connectivity index (χ0) is 18.8. The lowest BCUT2D eigenvalue weighted by Crippen LogP contribution is -2.60. The molecule has 3 rings (SSSR count). The molecule has 3 amide bonds. The number of amides is 3. The summed E-state index contributed by atoms with van der Waals surface area (Å²) >= 11 is 0. The summed E-state index contributed by atoms with van der Waals surface area (Å²) in [4.78, 5) is 42.9. The highest BCUT2D eigenvalue weighted by Gasteiger charge is 2.41. The molecule has 8 heteroatoms. The second kappa shape index (κ2) is 7.47. The van der Waals surface area contributed by atoms with E-state index in [0.29, 0.717) is 38.5 Å². The predicted molar refractivity (Wildman–Crippen MR) is 95.1 cm³/mol. The van der Waals surface area contributed by atoms with E-state index in [0.717, 1.165) is 5.56 Å². The third kappa shape index (κ3) is 3.89. The average Bonchev–Trinajstić information content (AvgIpc) is 2.84. The van der Waals surface area contributed by atoms with Gasteiger partial charge in [-0.05, 0) is 24.8 Å². The zero-order valence-electron chi connectivity index (χ0n) is 15.7. The Morgan fingerprint density at radius 1 is 1.27 bits per heavy atom. The first kappa shape index (κ1) is 18.4. The van der Waals surface area contributed by atoms with Crippen LogP contribution in [0, 0.1) is 12.8 Å². The molecular weight excluding hydrogens is 334 g/mol. The van der Waals surface area contributed by atoms with Crippen LogP contribution in [-0.4, -0.2) is 81.0 Å². The maximum atomic E-state index is 12.8. The van der Waals surface area contributed by atoms with Crippen molar-refractivity contribution < 1.29 is 14.4 Å². The molecule has 2 saturated heterocycles. The highest BCUT2D eigenvalue weighted by Crippen LogP contribution is 2.20. The molecule has 142 valence electrons. The molecular formula is C18H27N5O3. The zero-order valence-corrected chi connectivity index (χ0v) is 15.7. The van der Waals surface area contributed by atoms with Crippen LogP contribution >= 0.6 is 0 Å². The van der Waals surface area contributed by atoms with E-state index in [9.17, 15) is 14.4 Å². The summed E-state index contributed by atoms with van der Waals surface area (Å²) in [6, 6.07) is -0.445. The summed E-state index contributed by atoms with van der Waals surface area (Å²) in [7, 11) is 0. The van der Waals surface area contributed by atoms with Crippen molar-refractivity contribution >= 4 is 17.7 Å². The van der Waals surface area contributed by atoms with Crippen LogP contribution in [0.3, 0.4) is 0 Å². The van der Waals surface area contributed by atoms with Crippen LogP contribution < -0.4 is 0 Å². The molecule has 1 atom stereocenters. The molecule has 2 aliphatic rings. The second-order valence-electron chi connectivity index (χ2n) is 7.60. The minimum atomic E-state index is -0.445. The third-order valence-electron chi connectivity index (χ3n) is 4.90. The third-order valence-corrected chi connectivity index (χ3v) is 4.90. The number of aryl methyl sites for hydroxylation is 1. The Bertz CT molecular complexity index is 699. The van der Waals surface area contributed by atoms with Gasteiger partial charge in [0.05, 0.1) is 12.7 Å². The van der Waals surface area contributed by atoms with Gasteiger partial charge in [0, 0.05) is 32.4 Å². The number of aromatic nitrogens is 2. The molecule has 1 aromatic rings. The Balaban J connectivity index is 1.66. The Morgan fingerprint density at radius 3 is 2.69 bits per heavy atom. The molecule has 2 fully saturated rings. The predicted octanol–water partition coefficient (Wildman–Crippen LogP) is 0.119. The first-order valence-electron chi connectivity index (χ1n) is 9.20. The summed E-state index contributed by atoms with van der Waals surface area (Å²) in [5.41, 5.74) is 1.01. The van der Waals surface area contributed by atoms with Crippen LogP contribution in [-0.2, 0) is 20.9 Å². The molecule has 0 N–H and O–H groups in total. The van der Waals surface area contributed by atoms with Gasteiger partial charge in [0.1, 0.15) is 12.6 Å². The van der Waals surface area contributed by atoms with Gasteiger partial charge in [-0.2, -0.15) is 5.10 Å². The average molecular weight is 361 g/mol. The van der Waals surface area contributed by atoms with Gasteiger partial charge >= 0.3 is 0 Å². The summed E-state index contributed by atoms with van der Waals surface area (Å²) < 4.78 is 1.62. The fourth-order valence-electron chi connectivity index (χ4n) is 3.66. The van der Waals surface area contributed by atoms with Crippen LogP contribution in [0.2, 0.25) is 0 Å². The van der Waals surface area contributed by atoms with Crippen LogP contribution in [0.15, 0.2) is 12.4 Å². The van der Waals surface area contributed by atoms with Gasteiger partial charge in [-0.25, -0.2) is 0 Å². The molecule has 26 heavy (non-hydrogen) atoms. The molecule has 2 aliphatic heterocycles. The fourth-order valence-corrected chi connectivity index (χ4v) is 3.66. The van der Waals surface area contributed by atoms with Gasteiger partial charge in [0.2, 0.25) is 17.7 Å². The van der Waals surface area contributed by atoms with Crippen molar-refractivity contribution in [3.8, 4) is 0 Å². The van der Waals surface area contributed by atoms with Crippen LogP contribution in [0.25, 0.3) is 0 Å². The Labute approximate surface area is 153 Å². The van der Waals surface area contributed by atoms with Gasteiger partial charge in [0.15, 0.2) is 0 Å². The van der Waals surface area contributed by atoms with Crippen LogP contribution in [0.4, 0.5) is 0 Å². The molecule has 8 nitrogen and oxygen atoms in total. The molecule has 0 bridgehead atoms. The lowest BCUT2D eigenvalue weighted by molar-refractivity contribution is -0.156. The van der Waals surface area contributed by atoms with Crippen molar-refractivity contribution in [3.63, 3.8) is 0 Å². The number of hydrogen-bond acceptors (Lipinski definition) is 4. The van der Waals surface area contributed by atoms with Crippen LogP contribution in [0.1, 0.15) is 25.8 Å². The Hall–Kier alpha value is -2.38. The normalized spacial score (nSPS) is 21.2. The molecule has 0 saturated carbocycles. The monoisotopic (exact) mass is 361 g/mol.